The third-order valence-corrected chi connectivity index (χ3v) is 7.91. The van der Waals surface area contributed by atoms with Crippen LogP contribution >= 0.6 is 23.1 Å². The Kier molecular flexibility index (Phi) is 5.88. The van der Waals surface area contributed by atoms with E-state index in [1.165, 1.54) is 22.7 Å². The number of carbonyl (C=O) groups is 1. The van der Waals surface area contributed by atoms with Gasteiger partial charge in [-0.3, -0.25) is 9.10 Å². The van der Waals surface area contributed by atoms with Gasteiger partial charge in [-0.1, -0.05) is 18.2 Å². The fraction of sp³-hybridized carbons (Fsp3) is 0.105. The molecule has 1 aromatic heterocycles. The summed E-state index contributed by atoms with van der Waals surface area (Å²) in [5, 5.41) is 4.61. The number of carbonyl (C=O) groups excluding carboxylic acids is 1. The first-order valence-corrected chi connectivity index (χ1v) is 11.5. The van der Waals surface area contributed by atoms with Crippen molar-refractivity contribution >= 4 is 50.4 Å². The van der Waals surface area contributed by atoms with E-state index in [4.69, 9.17) is 0 Å². The third kappa shape index (κ3) is 4.18. The molecule has 1 amide bonds. The number of benzene rings is 2. The highest BCUT2D eigenvalue weighted by Crippen LogP contribution is 2.27. The van der Waals surface area contributed by atoms with Gasteiger partial charge in [0.15, 0.2) is 0 Å². The van der Waals surface area contributed by atoms with Gasteiger partial charge in [0.05, 0.1) is 11.4 Å². The molecule has 0 aliphatic carbocycles. The van der Waals surface area contributed by atoms with E-state index in [-0.39, 0.29) is 10.1 Å². The molecule has 2 aromatic carbocycles. The molecule has 0 aliphatic rings. The Balaban J connectivity index is 1.78. The lowest BCUT2D eigenvalue weighted by atomic mass is 10.2. The molecule has 0 unspecified atom stereocenters. The first-order chi connectivity index (χ1) is 12.9. The third-order valence-electron chi connectivity index (χ3n) is 3.96. The van der Waals surface area contributed by atoms with Gasteiger partial charge < -0.3 is 5.32 Å². The minimum atomic E-state index is -3.59. The molecule has 0 saturated heterocycles. The molecule has 1 N–H and O–H groups in total. The first kappa shape index (κ1) is 19.5. The second-order valence-electron chi connectivity index (χ2n) is 5.61. The number of sulfonamides is 1. The first-order valence-electron chi connectivity index (χ1n) is 8.00. The van der Waals surface area contributed by atoms with Gasteiger partial charge >= 0.3 is 0 Å². The Bertz CT molecular complexity index is 1030. The Labute approximate surface area is 167 Å². The zero-order valence-electron chi connectivity index (χ0n) is 14.7. The van der Waals surface area contributed by atoms with Gasteiger partial charge in [-0.2, -0.15) is 0 Å². The van der Waals surface area contributed by atoms with E-state index < -0.39 is 10.0 Å². The molecule has 27 heavy (non-hydrogen) atoms. The van der Waals surface area contributed by atoms with Crippen LogP contribution < -0.4 is 9.62 Å². The van der Waals surface area contributed by atoms with Crippen molar-refractivity contribution < 1.29 is 13.2 Å². The van der Waals surface area contributed by atoms with Gasteiger partial charge in [-0.05, 0) is 54.1 Å². The lowest BCUT2D eigenvalue weighted by Gasteiger charge is -2.18. The van der Waals surface area contributed by atoms with E-state index in [1.54, 1.807) is 53.5 Å². The van der Waals surface area contributed by atoms with Crippen LogP contribution in [0.15, 0.2) is 75.1 Å². The predicted octanol–water partition coefficient (Wildman–Crippen LogP) is 4.55. The van der Waals surface area contributed by atoms with Crippen molar-refractivity contribution in [1.82, 2.24) is 0 Å². The lowest BCUT2D eigenvalue weighted by Crippen LogP contribution is -2.25. The van der Waals surface area contributed by atoms with Crippen molar-refractivity contribution in [3.63, 3.8) is 0 Å². The largest absolute Gasteiger partial charge is 0.321 e. The Morgan fingerprint density at radius 2 is 1.74 bits per heavy atom. The van der Waals surface area contributed by atoms with Gasteiger partial charge in [0, 0.05) is 17.5 Å². The Morgan fingerprint density at radius 3 is 2.37 bits per heavy atom. The van der Waals surface area contributed by atoms with Crippen LogP contribution in [0.25, 0.3) is 0 Å². The number of para-hydroxylation sites is 1. The zero-order chi connectivity index (χ0) is 19.4. The fourth-order valence-corrected chi connectivity index (χ4v) is 5.36. The highest BCUT2D eigenvalue weighted by molar-refractivity contribution is 7.98. The minimum Gasteiger partial charge on any atom is -0.321 e. The molecule has 1 heterocycles. The standard InChI is InChI=1S/C19H18N2O3S3/c1-21(27(23,24)18-8-5-13-26-18)15-11-9-14(10-12-15)19(22)20-16-6-3-4-7-17(16)25-2/h3-13H,1-2H3,(H,20,22). The van der Waals surface area contributed by atoms with Crippen LogP contribution in [0.1, 0.15) is 10.4 Å². The normalized spacial score (nSPS) is 11.2. The van der Waals surface area contributed by atoms with Crippen molar-refractivity contribution in [3.05, 3.63) is 71.6 Å². The van der Waals surface area contributed by atoms with Gasteiger partial charge in [-0.25, -0.2) is 8.42 Å². The lowest BCUT2D eigenvalue weighted by molar-refractivity contribution is 0.102. The number of anilines is 2. The summed E-state index contributed by atoms with van der Waals surface area (Å²) in [7, 11) is -2.09. The predicted molar refractivity (Wildman–Crippen MR) is 113 cm³/mol. The van der Waals surface area contributed by atoms with Gasteiger partial charge in [-0.15, -0.1) is 23.1 Å². The highest BCUT2D eigenvalue weighted by Gasteiger charge is 2.22. The fourth-order valence-electron chi connectivity index (χ4n) is 2.45. The van der Waals surface area contributed by atoms with Crippen molar-refractivity contribution in [2.45, 2.75) is 9.10 Å². The van der Waals surface area contributed by atoms with Crippen molar-refractivity contribution in [3.8, 4) is 0 Å². The minimum absolute atomic E-state index is 0.244. The molecule has 0 spiro atoms. The molecule has 3 aromatic rings. The molecule has 0 bridgehead atoms. The van der Waals surface area contributed by atoms with Crippen LogP contribution in [0, 0.1) is 0 Å². The van der Waals surface area contributed by atoms with Gasteiger partial charge in [0.25, 0.3) is 15.9 Å². The summed E-state index contributed by atoms with van der Waals surface area (Å²) in [6, 6.07) is 17.3. The summed E-state index contributed by atoms with van der Waals surface area (Å²) >= 11 is 2.72. The molecule has 5 nitrogen and oxygen atoms in total. The van der Waals surface area contributed by atoms with Crippen molar-refractivity contribution in [2.24, 2.45) is 0 Å². The second kappa shape index (κ2) is 8.16. The van der Waals surface area contributed by atoms with E-state index in [0.29, 0.717) is 11.3 Å². The number of nitrogens with one attached hydrogen (secondary N) is 1. The molecule has 3 rings (SSSR count). The van der Waals surface area contributed by atoms with Crippen LogP contribution in [0.3, 0.4) is 0 Å². The maximum Gasteiger partial charge on any atom is 0.273 e. The van der Waals surface area contributed by atoms with Crippen LogP contribution in [0.4, 0.5) is 11.4 Å². The number of hydrogen-bond donors (Lipinski definition) is 1. The average molecular weight is 419 g/mol. The SMILES string of the molecule is CSc1ccccc1NC(=O)c1ccc(N(C)S(=O)(=O)c2cccs2)cc1. The number of amides is 1. The van der Waals surface area contributed by atoms with E-state index >= 15 is 0 Å². The molecule has 140 valence electrons. The van der Waals surface area contributed by atoms with E-state index in [0.717, 1.165) is 10.6 Å². The molecule has 0 atom stereocenters. The van der Waals surface area contributed by atoms with Crippen LogP contribution in [0.2, 0.25) is 0 Å². The molecule has 0 radical (unpaired) electrons. The molecular weight excluding hydrogens is 400 g/mol. The smallest absolute Gasteiger partial charge is 0.273 e. The number of rotatable bonds is 6. The number of hydrogen-bond acceptors (Lipinski definition) is 5. The van der Waals surface area contributed by atoms with Crippen molar-refractivity contribution in [2.75, 3.05) is 22.9 Å². The molecule has 0 saturated carbocycles. The maximum atomic E-state index is 12.6. The summed E-state index contributed by atoms with van der Waals surface area (Å²) in [5.41, 5.74) is 1.69. The van der Waals surface area contributed by atoms with E-state index in [9.17, 15) is 13.2 Å². The number of thiophene rings is 1. The summed E-state index contributed by atoms with van der Waals surface area (Å²) < 4.78 is 26.6. The van der Waals surface area contributed by atoms with Crippen LogP contribution in [-0.2, 0) is 10.0 Å². The van der Waals surface area contributed by atoms with Crippen LogP contribution in [0.5, 0.6) is 0 Å². The zero-order valence-corrected chi connectivity index (χ0v) is 17.2. The molecule has 0 fully saturated rings. The van der Waals surface area contributed by atoms with Gasteiger partial charge in [0.2, 0.25) is 0 Å². The average Bonchev–Trinajstić information content (AvgIpc) is 3.23. The molecule has 8 heteroatoms. The Hall–Kier alpha value is -2.29. The maximum absolute atomic E-state index is 12.6. The summed E-state index contributed by atoms with van der Waals surface area (Å²) in [5.74, 6) is -0.244. The second-order valence-corrected chi connectivity index (χ2v) is 9.60. The topological polar surface area (TPSA) is 66.5 Å². The Morgan fingerprint density at radius 1 is 1.04 bits per heavy atom. The summed E-state index contributed by atoms with van der Waals surface area (Å²) in [4.78, 5) is 13.5. The molecular formula is C19H18N2O3S3. The van der Waals surface area contributed by atoms with E-state index in [2.05, 4.69) is 5.32 Å². The van der Waals surface area contributed by atoms with E-state index in [1.807, 2.05) is 30.5 Å². The highest BCUT2D eigenvalue weighted by atomic mass is 32.2. The monoisotopic (exact) mass is 418 g/mol. The van der Waals surface area contributed by atoms with Crippen molar-refractivity contribution in [1.29, 1.82) is 0 Å². The molecule has 0 aliphatic heterocycles. The van der Waals surface area contributed by atoms with Gasteiger partial charge in [0.1, 0.15) is 4.21 Å². The number of thioether (sulfide) groups is 1. The van der Waals surface area contributed by atoms with Crippen LogP contribution in [-0.4, -0.2) is 27.6 Å². The quantitative estimate of drug-likeness (QED) is 0.597. The number of nitrogens with zero attached hydrogens (tertiary/aromatic N) is 1. The summed E-state index contributed by atoms with van der Waals surface area (Å²) in [6.07, 6.45) is 1.95. The summed E-state index contributed by atoms with van der Waals surface area (Å²) in [6.45, 7) is 0.